The highest BCUT2D eigenvalue weighted by atomic mass is 79.9. The first-order valence-corrected chi connectivity index (χ1v) is 8.20. The van der Waals surface area contributed by atoms with Crippen molar-refractivity contribution in [3.05, 3.63) is 28.2 Å². The molecule has 1 aliphatic rings. The zero-order valence-corrected chi connectivity index (χ0v) is 12.6. The molecule has 100 valence electrons. The van der Waals surface area contributed by atoms with Gasteiger partial charge in [-0.1, -0.05) is 33.7 Å². The predicted molar refractivity (Wildman–Crippen MR) is 72.5 cm³/mol. The molecule has 6 heteroatoms. The third kappa shape index (κ3) is 3.32. The van der Waals surface area contributed by atoms with Gasteiger partial charge in [-0.05, 0) is 43.5 Å². The second-order valence-corrected chi connectivity index (χ2v) is 7.02. The van der Waals surface area contributed by atoms with Gasteiger partial charge in [0, 0.05) is 4.47 Å². The average molecular weight is 334 g/mol. The highest BCUT2D eigenvalue weighted by Crippen LogP contribution is 2.22. The van der Waals surface area contributed by atoms with Crippen LogP contribution in [0.15, 0.2) is 27.6 Å². The van der Waals surface area contributed by atoms with Crippen molar-refractivity contribution in [3.8, 4) is 0 Å². The minimum atomic E-state index is -3.58. The quantitative estimate of drug-likeness (QED) is 0.862. The number of rotatable bonds is 4. The van der Waals surface area contributed by atoms with Crippen LogP contribution in [0.4, 0.5) is 0 Å². The summed E-state index contributed by atoms with van der Waals surface area (Å²) in [4.78, 5) is 7.69. The SMILES string of the molecule is Cc1cc(S(=O)(=O)NOC2CCCC2)ccc1Br. The van der Waals surface area contributed by atoms with Gasteiger partial charge < -0.3 is 0 Å². The molecule has 0 radical (unpaired) electrons. The summed E-state index contributed by atoms with van der Waals surface area (Å²) in [5, 5.41) is 0. The van der Waals surface area contributed by atoms with Crippen LogP contribution in [0.2, 0.25) is 0 Å². The molecule has 0 aromatic heterocycles. The van der Waals surface area contributed by atoms with E-state index in [0.29, 0.717) is 0 Å². The molecule has 4 nitrogen and oxygen atoms in total. The number of benzene rings is 1. The molecule has 0 unspecified atom stereocenters. The summed E-state index contributed by atoms with van der Waals surface area (Å²) < 4.78 is 24.9. The lowest BCUT2D eigenvalue weighted by molar-refractivity contribution is 0.0223. The third-order valence-electron chi connectivity index (χ3n) is 3.07. The first-order chi connectivity index (χ1) is 8.49. The van der Waals surface area contributed by atoms with E-state index >= 15 is 0 Å². The van der Waals surface area contributed by atoms with Crippen molar-refractivity contribution in [1.82, 2.24) is 4.89 Å². The van der Waals surface area contributed by atoms with Gasteiger partial charge in [-0.15, -0.1) is 0 Å². The van der Waals surface area contributed by atoms with Gasteiger partial charge >= 0.3 is 0 Å². The number of nitrogens with one attached hydrogen (secondary N) is 1. The molecule has 0 heterocycles. The summed E-state index contributed by atoms with van der Waals surface area (Å²) in [6, 6.07) is 4.89. The normalized spacial score (nSPS) is 17.2. The highest BCUT2D eigenvalue weighted by molar-refractivity contribution is 9.10. The zero-order valence-electron chi connectivity index (χ0n) is 10.1. The number of sulfonamides is 1. The lowest BCUT2D eigenvalue weighted by atomic mass is 10.2. The van der Waals surface area contributed by atoms with Crippen molar-refractivity contribution >= 4 is 26.0 Å². The van der Waals surface area contributed by atoms with Crippen LogP contribution in [-0.4, -0.2) is 14.5 Å². The lowest BCUT2D eigenvalue weighted by Crippen LogP contribution is -2.28. The summed E-state index contributed by atoms with van der Waals surface area (Å²) in [7, 11) is -3.58. The van der Waals surface area contributed by atoms with Gasteiger partial charge in [0.2, 0.25) is 0 Å². The standard InChI is InChI=1S/C12H16BrNO3S/c1-9-8-11(6-7-12(9)13)18(15,16)14-17-10-4-2-3-5-10/h6-8,10,14H,2-5H2,1H3. The van der Waals surface area contributed by atoms with Gasteiger partial charge in [-0.3, -0.25) is 4.84 Å². The molecule has 1 fully saturated rings. The number of halogens is 1. The zero-order chi connectivity index (χ0) is 13.2. The molecular formula is C12H16BrNO3S. The molecular weight excluding hydrogens is 318 g/mol. The average Bonchev–Trinajstić information content (AvgIpc) is 2.83. The Morgan fingerprint density at radius 1 is 1.33 bits per heavy atom. The second kappa shape index (κ2) is 5.69. The van der Waals surface area contributed by atoms with Gasteiger partial charge in [-0.2, -0.15) is 0 Å². The first kappa shape index (κ1) is 14.0. The molecule has 1 N–H and O–H groups in total. The Morgan fingerprint density at radius 2 is 2.00 bits per heavy atom. The van der Waals surface area contributed by atoms with Gasteiger partial charge in [0.25, 0.3) is 10.0 Å². The molecule has 0 amide bonds. The van der Waals surface area contributed by atoms with Crippen molar-refractivity contribution in [1.29, 1.82) is 0 Å². The minimum Gasteiger partial charge on any atom is -0.284 e. The summed E-state index contributed by atoms with van der Waals surface area (Å²) in [5.41, 5.74) is 0.874. The highest BCUT2D eigenvalue weighted by Gasteiger charge is 2.20. The maximum atomic E-state index is 12.0. The predicted octanol–water partition coefficient (Wildman–Crippen LogP) is 2.91. The van der Waals surface area contributed by atoms with Crippen molar-refractivity contribution < 1.29 is 13.3 Å². The van der Waals surface area contributed by atoms with Crippen molar-refractivity contribution in [2.24, 2.45) is 0 Å². The van der Waals surface area contributed by atoms with Crippen LogP contribution < -0.4 is 4.89 Å². The van der Waals surface area contributed by atoms with Crippen LogP contribution in [0.25, 0.3) is 0 Å². The summed E-state index contributed by atoms with van der Waals surface area (Å²) in [6.45, 7) is 1.85. The molecule has 2 rings (SSSR count). The van der Waals surface area contributed by atoms with E-state index in [4.69, 9.17) is 4.84 Å². The van der Waals surface area contributed by atoms with E-state index in [9.17, 15) is 8.42 Å². The summed E-state index contributed by atoms with van der Waals surface area (Å²) >= 11 is 3.34. The fraction of sp³-hybridized carbons (Fsp3) is 0.500. The fourth-order valence-corrected chi connectivity index (χ4v) is 3.15. The molecule has 0 saturated heterocycles. The molecule has 0 spiro atoms. The Kier molecular flexibility index (Phi) is 4.42. The van der Waals surface area contributed by atoms with Crippen LogP contribution >= 0.6 is 15.9 Å². The molecule has 1 aromatic carbocycles. The van der Waals surface area contributed by atoms with Crippen LogP contribution in [-0.2, 0) is 14.9 Å². The van der Waals surface area contributed by atoms with E-state index in [1.807, 2.05) is 6.92 Å². The second-order valence-electron chi connectivity index (χ2n) is 4.52. The van der Waals surface area contributed by atoms with Gasteiger partial charge in [0.15, 0.2) is 0 Å². The summed E-state index contributed by atoms with van der Waals surface area (Å²) in [5.74, 6) is 0. The molecule has 18 heavy (non-hydrogen) atoms. The van der Waals surface area contributed by atoms with E-state index in [-0.39, 0.29) is 11.0 Å². The summed E-state index contributed by atoms with van der Waals surface area (Å²) in [6.07, 6.45) is 4.05. The van der Waals surface area contributed by atoms with Crippen LogP contribution in [0.5, 0.6) is 0 Å². The van der Waals surface area contributed by atoms with Gasteiger partial charge in [0.05, 0.1) is 11.0 Å². The van der Waals surface area contributed by atoms with E-state index in [0.717, 1.165) is 35.7 Å². The Hall–Kier alpha value is -0.430. The van der Waals surface area contributed by atoms with E-state index < -0.39 is 10.0 Å². The van der Waals surface area contributed by atoms with E-state index in [1.165, 1.54) is 0 Å². The van der Waals surface area contributed by atoms with Crippen molar-refractivity contribution in [2.45, 2.75) is 43.6 Å². The fourth-order valence-electron chi connectivity index (χ4n) is 1.97. The number of hydrogen-bond acceptors (Lipinski definition) is 3. The molecule has 0 bridgehead atoms. The van der Waals surface area contributed by atoms with Crippen LogP contribution in [0.1, 0.15) is 31.2 Å². The van der Waals surface area contributed by atoms with E-state index in [2.05, 4.69) is 20.8 Å². The smallest absolute Gasteiger partial charge is 0.262 e. The topological polar surface area (TPSA) is 55.4 Å². The van der Waals surface area contributed by atoms with Crippen LogP contribution in [0.3, 0.4) is 0 Å². The number of hydrogen-bond donors (Lipinski definition) is 1. The Balaban J connectivity index is 2.07. The van der Waals surface area contributed by atoms with Crippen molar-refractivity contribution in [3.63, 3.8) is 0 Å². The maximum Gasteiger partial charge on any atom is 0.262 e. The Morgan fingerprint density at radius 3 is 2.61 bits per heavy atom. The van der Waals surface area contributed by atoms with Crippen molar-refractivity contribution in [2.75, 3.05) is 0 Å². The minimum absolute atomic E-state index is 0.0105. The monoisotopic (exact) mass is 333 g/mol. The lowest BCUT2D eigenvalue weighted by Gasteiger charge is -2.12. The Bertz CT molecular complexity index is 524. The molecule has 0 atom stereocenters. The van der Waals surface area contributed by atoms with E-state index in [1.54, 1.807) is 18.2 Å². The van der Waals surface area contributed by atoms with Crippen LogP contribution in [0, 0.1) is 6.92 Å². The maximum absolute atomic E-state index is 12.0. The first-order valence-electron chi connectivity index (χ1n) is 5.92. The largest absolute Gasteiger partial charge is 0.284 e. The molecule has 1 aromatic rings. The third-order valence-corrected chi connectivity index (χ3v) is 5.15. The number of aryl methyl sites for hydroxylation is 1. The Labute approximate surface area is 116 Å². The van der Waals surface area contributed by atoms with Gasteiger partial charge in [-0.25, -0.2) is 8.42 Å². The van der Waals surface area contributed by atoms with Gasteiger partial charge in [0.1, 0.15) is 0 Å². The molecule has 1 aliphatic carbocycles. The molecule has 1 saturated carbocycles. The molecule has 0 aliphatic heterocycles.